The summed E-state index contributed by atoms with van der Waals surface area (Å²) in [5.41, 5.74) is 0.471. The van der Waals surface area contributed by atoms with Crippen molar-refractivity contribution in [2.45, 2.75) is 36.5 Å². The van der Waals surface area contributed by atoms with Crippen LogP contribution < -0.4 is 0 Å². The van der Waals surface area contributed by atoms with Gasteiger partial charge in [-0.3, -0.25) is 5.41 Å². The highest BCUT2D eigenvalue weighted by molar-refractivity contribution is 6.76. The number of carbonyl (C=O) groups is 1. The Morgan fingerprint density at radius 3 is 2.44 bits per heavy atom. The van der Waals surface area contributed by atoms with Gasteiger partial charge in [0.05, 0.1) is 18.1 Å². The molecule has 4 atom stereocenters. The van der Waals surface area contributed by atoms with Gasteiger partial charge in [-0.1, -0.05) is 66.8 Å². The van der Waals surface area contributed by atoms with E-state index in [4.69, 9.17) is 54.4 Å². The number of benzene rings is 1. The second kappa shape index (κ2) is 8.58. The topological polar surface area (TPSA) is 68.6 Å². The number of hydrogen-bond donors (Lipinski definition) is 1. The lowest BCUT2D eigenvalue weighted by Gasteiger charge is -2.31. The molecule has 0 spiro atoms. The first-order valence-corrected chi connectivity index (χ1v) is 9.03. The molecule has 1 aromatic carbocycles. The minimum Gasteiger partial charge on any atom is -0.458 e. The van der Waals surface area contributed by atoms with Gasteiger partial charge < -0.3 is 14.2 Å². The van der Waals surface area contributed by atoms with Crippen LogP contribution in [0.25, 0.3) is 0 Å². The monoisotopic (exact) mass is 407 g/mol. The summed E-state index contributed by atoms with van der Waals surface area (Å²) >= 11 is 17.0. The lowest BCUT2D eigenvalue weighted by molar-refractivity contribution is -0.133. The SMILES string of the molecule is CC1CCOC(OC(=N)C(Cl)(Cl)Cl)C(C)C1OC(=O)c1ccccc1. The van der Waals surface area contributed by atoms with Crippen molar-refractivity contribution in [3.63, 3.8) is 0 Å². The van der Waals surface area contributed by atoms with Crippen LogP contribution in [0.4, 0.5) is 0 Å². The molecule has 1 heterocycles. The van der Waals surface area contributed by atoms with E-state index in [1.807, 2.05) is 19.9 Å². The Balaban J connectivity index is 2.12. The molecule has 0 aromatic heterocycles. The molecule has 138 valence electrons. The summed E-state index contributed by atoms with van der Waals surface area (Å²) < 4.78 is 14.8. The first-order chi connectivity index (χ1) is 11.7. The van der Waals surface area contributed by atoms with Crippen molar-refractivity contribution in [1.29, 1.82) is 5.41 Å². The zero-order valence-electron chi connectivity index (χ0n) is 13.9. The van der Waals surface area contributed by atoms with E-state index in [1.165, 1.54) is 0 Å². The molecule has 0 aliphatic carbocycles. The fraction of sp³-hybridized carbons (Fsp3) is 0.529. The lowest BCUT2D eigenvalue weighted by atomic mass is 9.91. The lowest BCUT2D eigenvalue weighted by Crippen LogP contribution is -2.40. The van der Waals surface area contributed by atoms with Crippen molar-refractivity contribution in [1.82, 2.24) is 0 Å². The summed E-state index contributed by atoms with van der Waals surface area (Å²) in [4.78, 5) is 12.4. The summed E-state index contributed by atoms with van der Waals surface area (Å²) in [6.45, 7) is 4.19. The second-order valence-electron chi connectivity index (χ2n) is 6.04. The first-order valence-electron chi connectivity index (χ1n) is 7.90. The van der Waals surface area contributed by atoms with E-state index < -0.39 is 28.1 Å². The number of hydrogen-bond acceptors (Lipinski definition) is 5. The molecule has 1 aliphatic rings. The summed E-state index contributed by atoms with van der Waals surface area (Å²) in [6.07, 6.45) is -0.622. The van der Waals surface area contributed by atoms with Crippen LogP contribution in [-0.2, 0) is 14.2 Å². The molecule has 1 saturated heterocycles. The molecule has 0 saturated carbocycles. The van der Waals surface area contributed by atoms with Crippen LogP contribution in [0.1, 0.15) is 30.6 Å². The maximum absolute atomic E-state index is 12.4. The molecular formula is C17H20Cl3NO4. The summed E-state index contributed by atoms with van der Waals surface area (Å²) in [6, 6.07) is 8.75. The number of alkyl halides is 3. The van der Waals surface area contributed by atoms with Gasteiger partial charge in [0.15, 0.2) is 0 Å². The average molecular weight is 409 g/mol. The number of nitrogens with one attached hydrogen (secondary N) is 1. The van der Waals surface area contributed by atoms with Crippen molar-refractivity contribution < 1.29 is 19.0 Å². The minimum absolute atomic E-state index is 0.0539. The average Bonchev–Trinajstić information content (AvgIpc) is 2.68. The van der Waals surface area contributed by atoms with Gasteiger partial charge in [-0.25, -0.2) is 4.79 Å². The van der Waals surface area contributed by atoms with E-state index in [0.29, 0.717) is 18.6 Å². The summed E-state index contributed by atoms with van der Waals surface area (Å²) in [7, 11) is 0. The predicted octanol–water partition coefficient (Wildman–Crippen LogP) is 4.59. The third-order valence-electron chi connectivity index (χ3n) is 4.11. The Morgan fingerprint density at radius 2 is 1.84 bits per heavy atom. The van der Waals surface area contributed by atoms with Crippen molar-refractivity contribution in [2.24, 2.45) is 11.8 Å². The van der Waals surface area contributed by atoms with Gasteiger partial charge >= 0.3 is 5.97 Å². The highest BCUT2D eigenvalue weighted by Crippen LogP contribution is 2.33. The van der Waals surface area contributed by atoms with E-state index in [2.05, 4.69) is 0 Å². The molecule has 1 aromatic rings. The van der Waals surface area contributed by atoms with Crippen LogP contribution in [0.15, 0.2) is 30.3 Å². The standard InChI is InChI=1S/C17H20Cl3NO4/c1-10-8-9-23-15(25-16(21)17(18,19)20)11(2)13(10)24-14(22)12-6-4-3-5-7-12/h3-7,10-11,13,15,21H,8-9H2,1-2H3. The minimum atomic E-state index is -1.97. The van der Waals surface area contributed by atoms with Gasteiger partial charge in [-0.05, 0) is 24.5 Å². The predicted molar refractivity (Wildman–Crippen MR) is 97.4 cm³/mol. The van der Waals surface area contributed by atoms with Gasteiger partial charge in [-0.2, -0.15) is 0 Å². The Morgan fingerprint density at radius 1 is 1.20 bits per heavy atom. The molecular weight excluding hydrogens is 389 g/mol. The Hall–Kier alpha value is -1.01. The van der Waals surface area contributed by atoms with E-state index in [0.717, 1.165) is 0 Å². The zero-order valence-corrected chi connectivity index (χ0v) is 16.1. The third kappa shape index (κ3) is 5.48. The fourth-order valence-corrected chi connectivity index (χ4v) is 2.81. The van der Waals surface area contributed by atoms with Gasteiger partial charge in [0.2, 0.25) is 12.2 Å². The fourth-order valence-electron chi connectivity index (χ4n) is 2.67. The van der Waals surface area contributed by atoms with E-state index in [-0.39, 0.29) is 11.8 Å². The smallest absolute Gasteiger partial charge is 0.338 e. The van der Waals surface area contributed by atoms with Crippen LogP contribution in [0.3, 0.4) is 0 Å². The van der Waals surface area contributed by atoms with E-state index in [1.54, 1.807) is 24.3 Å². The van der Waals surface area contributed by atoms with Crippen molar-refractivity contribution in [3.05, 3.63) is 35.9 Å². The van der Waals surface area contributed by atoms with Crippen LogP contribution in [0.2, 0.25) is 0 Å². The highest BCUT2D eigenvalue weighted by atomic mass is 35.6. The molecule has 5 nitrogen and oxygen atoms in total. The van der Waals surface area contributed by atoms with E-state index in [9.17, 15) is 4.79 Å². The molecule has 1 fully saturated rings. The Kier molecular flexibility index (Phi) is 6.97. The molecule has 4 unspecified atom stereocenters. The summed E-state index contributed by atoms with van der Waals surface area (Å²) in [5.74, 6) is -1.24. The molecule has 25 heavy (non-hydrogen) atoms. The molecule has 0 bridgehead atoms. The largest absolute Gasteiger partial charge is 0.458 e. The molecule has 2 rings (SSSR count). The molecule has 8 heteroatoms. The molecule has 0 radical (unpaired) electrons. The number of esters is 1. The molecule has 1 aliphatic heterocycles. The quantitative estimate of drug-likeness (QED) is 0.343. The summed E-state index contributed by atoms with van der Waals surface area (Å²) in [5, 5.41) is 7.72. The molecule has 0 amide bonds. The maximum atomic E-state index is 12.4. The van der Waals surface area contributed by atoms with Crippen molar-refractivity contribution >= 4 is 46.7 Å². The Labute approximate surface area is 162 Å². The number of halogens is 3. The van der Waals surface area contributed by atoms with Gasteiger partial charge in [0, 0.05) is 0 Å². The maximum Gasteiger partial charge on any atom is 0.338 e. The van der Waals surface area contributed by atoms with Crippen LogP contribution >= 0.6 is 34.8 Å². The first kappa shape index (κ1) is 20.3. The van der Waals surface area contributed by atoms with Gasteiger partial charge in [0.25, 0.3) is 3.79 Å². The van der Waals surface area contributed by atoms with Gasteiger partial charge in [-0.15, -0.1) is 0 Å². The number of ether oxygens (including phenoxy) is 3. The normalized spacial score (nSPS) is 27.2. The second-order valence-corrected chi connectivity index (χ2v) is 8.33. The van der Waals surface area contributed by atoms with E-state index >= 15 is 0 Å². The van der Waals surface area contributed by atoms with Gasteiger partial charge in [0.1, 0.15) is 6.10 Å². The van der Waals surface area contributed by atoms with Crippen LogP contribution in [-0.4, -0.2) is 34.7 Å². The van der Waals surface area contributed by atoms with Crippen molar-refractivity contribution in [2.75, 3.05) is 6.61 Å². The third-order valence-corrected chi connectivity index (χ3v) is 4.62. The number of rotatable bonds is 3. The Bertz CT molecular complexity index is 606. The molecule has 1 N–H and O–H groups in total. The van der Waals surface area contributed by atoms with Crippen LogP contribution in [0, 0.1) is 17.2 Å². The van der Waals surface area contributed by atoms with Crippen molar-refractivity contribution in [3.8, 4) is 0 Å². The zero-order chi connectivity index (χ0) is 18.6. The number of carbonyl (C=O) groups excluding carboxylic acids is 1. The van der Waals surface area contributed by atoms with Crippen LogP contribution in [0.5, 0.6) is 0 Å². The highest BCUT2D eigenvalue weighted by Gasteiger charge is 2.40.